The van der Waals surface area contributed by atoms with E-state index in [1.807, 2.05) is 60.7 Å². The summed E-state index contributed by atoms with van der Waals surface area (Å²) >= 11 is 0. The Balaban J connectivity index is 1.47. The van der Waals surface area contributed by atoms with Gasteiger partial charge < -0.3 is 21.1 Å². The summed E-state index contributed by atoms with van der Waals surface area (Å²) in [5.41, 5.74) is 9.51. The third kappa shape index (κ3) is 5.42. The van der Waals surface area contributed by atoms with E-state index in [4.69, 9.17) is 10.5 Å². The molecule has 0 radical (unpaired) electrons. The number of primary amides is 1. The molecule has 1 aliphatic rings. The fraction of sp³-hybridized carbons (Fsp3) is 0.200. The lowest BCUT2D eigenvalue weighted by atomic mass is 10.0. The van der Waals surface area contributed by atoms with Crippen molar-refractivity contribution < 1.29 is 14.3 Å². The zero-order valence-corrected chi connectivity index (χ0v) is 17.1. The Labute approximate surface area is 181 Å². The van der Waals surface area contributed by atoms with Gasteiger partial charge in [-0.1, -0.05) is 36.4 Å². The SMILES string of the molecule is NC(=O)N[C@H](CC(=O)Nc1ccc2c(c1)CCC2)c1cccc(Oc2ccccc2)c1. The average molecular weight is 415 g/mol. The largest absolute Gasteiger partial charge is 0.457 e. The monoisotopic (exact) mass is 415 g/mol. The molecule has 0 aromatic heterocycles. The van der Waals surface area contributed by atoms with Crippen molar-refractivity contribution in [1.29, 1.82) is 0 Å². The van der Waals surface area contributed by atoms with E-state index in [9.17, 15) is 9.59 Å². The number of rotatable bonds is 7. The first-order valence-corrected chi connectivity index (χ1v) is 10.4. The van der Waals surface area contributed by atoms with Crippen molar-refractivity contribution >= 4 is 17.6 Å². The van der Waals surface area contributed by atoms with Gasteiger partial charge in [0.1, 0.15) is 11.5 Å². The summed E-state index contributed by atoms with van der Waals surface area (Å²) in [7, 11) is 0. The highest BCUT2D eigenvalue weighted by atomic mass is 16.5. The highest BCUT2D eigenvalue weighted by Crippen LogP contribution is 2.27. The molecule has 0 spiro atoms. The van der Waals surface area contributed by atoms with Crippen molar-refractivity contribution in [1.82, 2.24) is 5.32 Å². The van der Waals surface area contributed by atoms with Crippen molar-refractivity contribution in [2.45, 2.75) is 31.7 Å². The van der Waals surface area contributed by atoms with Crippen LogP contribution < -0.4 is 21.1 Å². The van der Waals surface area contributed by atoms with E-state index in [0.717, 1.165) is 30.5 Å². The number of hydrogen-bond donors (Lipinski definition) is 3. The number of hydrogen-bond acceptors (Lipinski definition) is 3. The van der Waals surface area contributed by atoms with Crippen molar-refractivity contribution in [2.24, 2.45) is 5.73 Å². The lowest BCUT2D eigenvalue weighted by molar-refractivity contribution is -0.116. The maximum atomic E-state index is 12.7. The molecule has 3 aromatic carbocycles. The molecule has 6 heteroatoms. The van der Waals surface area contributed by atoms with Crippen LogP contribution >= 0.6 is 0 Å². The minimum atomic E-state index is -0.690. The second-order valence-electron chi connectivity index (χ2n) is 7.64. The van der Waals surface area contributed by atoms with Crippen molar-refractivity contribution in [3.63, 3.8) is 0 Å². The van der Waals surface area contributed by atoms with Crippen LogP contribution in [0.25, 0.3) is 0 Å². The summed E-state index contributed by atoms with van der Waals surface area (Å²) in [6.07, 6.45) is 3.34. The molecule has 0 saturated heterocycles. The third-order valence-corrected chi connectivity index (χ3v) is 5.33. The molecular weight excluding hydrogens is 390 g/mol. The van der Waals surface area contributed by atoms with E-state index in [2.05, 4.69) is 16.7 Å². The second-order valence-corrected chi connectivity index (χ2v) is 7.64. The number of carbonyl (C=O) groups is 2. The highest BCUT2D eigenvalue weighted by Gasteiger charge is 2.19. The van der Waals surface area contributed by atoms with E-state index in [0.29, 0.717) is 11.5 Å². The van der Waals surface area contributed by atoms with Gasteiger partial charge in [0.15, 0.2) is 0 Å². The Kier molecular flexibility index (Phi) is 6.17. The molecule has 0 heterocycles. The van der Waals surface area contributed by atoms with Crippen molar-refractivity contribution in [2.75, 3.05) is 5.32 Å². The van der Waals surface area contributed by atoms with Gasteiger partial charge in [-0.2, -0.15) is 0 Å². The summed E-state index contributed by atoms with van der Waals surface area (Å²) in [6.45, 7) is 0. The second kappa shape index (κ2) is 9.34. The Bertz CT molecular complexity index is 1080. The molecule has 1 aliphatic carbocycles. The first-order valence-electron chi connectivity index (χ1n) is 10.4. The minimum absolute atomic E-state index is 0.0504. The van der Waals surface area contributed by atoms with E-state index >= 15 is 0 Å². The van der Waals surface area contributed by atoms with Gasteiger partial charge >= 0.3 is 6.03 Å². The summed E-state index contributed by atoms with van der Waals surface area (Å²) in [6, 6.07) is 21.4. The van der Waals surface area contributed by atoms with Crippen molar-refractivity contribution in [3.05, 3.63) is 89.5 Å². The number of urea groups is 1. The lowest BCUT2D eigenvalue weighted by Crippen LogP contribution is -2.35. The zero-order valence-electron chi connectivity index (χ0n) is 17.1. The summed E-state index contributed by atoms with van der Waals surface area (Å²) in [4.78, 5) is 24.3. The molecule has 0 unspecified atom stereocenters. The van der Waals surface area contributed by atoms with Crippen LogP contribution in [-0.4, -0.2) is 11.9 Å². The van der Waals surface area contributed by atoms with Crippen LogP contribution in [0.4, 0.5) is 10.5 Å². The van der Waals surface area contributed by atoms with Crippen LogP contribution in [0.5, 0.6) is 11.5 Å². The molecule has 3 amide bonds. The lowest BCUT2D eigenvalue weighted by Gasteiger charge is -2.19. The normalized spacial score (nSPS) is 13.2. The van der Waals surface area contributed by atoms with E-state index in [-0.39, 0.29) is 12.3 Å². The first kappa shape index (κ1) is 20.5. The molecule has 31 heavy (non-hydrogen) atoms. The molecule has 0 fully saturated rings. The Morgan fingerprint density at radius 2 is 1.68 bits per heavy atom. The van der Waals surface area contributed by atoms with E-state index in [1.54, 1.807) is 6.07 Å². The number of fused-ring (bicyclic) bond motifs is 1. The molecule has 158 valence electrons. The van der Waals surface area contributed by atoms with Gasteiger partial charge in [0, 0.05) is 5.69 Å². The van der Waals surface area contributed by atoms with Crippen LogP contribution in [-0.2, 0) is 17.6 Å². The van der Waals surface area contributed by atoms with Gasteiger partial charge in [-0.3, -0.25) is 4.79 Å². The smallest absolute Gasteiger partial charge is 0.312 e. The van der Waals surface area contributed by atoms with Crippen LogP contribution in [0.1, 0.15) is 35.6 Å². The maximum Gasteiger partial charge on any atom is 0.312 e. The number of nitrogens with one attached hydrogen (secondary N) is 2. The average Bonchev–Trinajstić information content (AvgIpc) is 3.22. The fourth-order valence-corrected chi connectivity index (χ4v) is 3.89. The van der Waals surface area contributed by atoms with Crippen LogP contribution in [0.15, 0.2) is 72.8 Å². The third-order valence-electron chi connectivity index (χ3n) is 5.33. The standard InChI is InChI=1S/C25H25N3O3/c26-25(30)28-23(16-24(29)27-20-13-12-17-6-4-7-18(17)14-20)19-8-5-11-22(15-19)31-21-9-2-1-3-10-21/h1-3,5,8-15,23H,4,6-7,16H2,(H,27,29)(H3,26,28,30)/t23-/m1/s1. The minimum Gasteiger partial charge on any atom is -0.457 e. The summed E-state index contributed by atoms with van der Waals surface area (Å²) in [5.74, 6) is 1.11. The topological polar surface area (TPSA) is 93.5 Å². The number of carbonyl (C=O) groups excluding carboxylic acids is 2. The maximum absolute atomic E-state index is 12.7. The molecule has 4 rings (SSSR count). The highest BCUT2D eigenvalue weighted by molar-refractivity contribution is 5.91. The molecule has 0 aliphatic heterocycles. The number of ether oxygens (including phenoxy) is 1. The Morgan fingerprint density at radius 3 is 2.48 bits per heavy atom. The fourth-order valence-electron chi connectivity index (χ4n) is 3.89. The molecule has 6 nitrogen and oxygen atoms in total. The Hall–Kier alpha value is -3.80. The predicted molar refractivity (Wildman–Crippen MR) is 120 cm³/mol. The number of nitrogens with two attached hydrogens (primary N) is 1. The predicted octanol–water partition coefficient (Wildman–Crippen LogP) is 4.71. The van der Waals surface area contributed by atoms with Gasteiger partial charge in [0.2, 0.25) is 5.91 Å². The van der Waals surface area contributed by atoms with Gasteiger partial charge in [-0.05, 0) is 72.4 Å². The van der Waals surface area contributed by atoms with Gasteiger partial charge in [0.25, 0.3) is 0 Å². The Morgan fingerprint density at radius 1 is 0.903 bits per heavy atom. The summed E-state index contributed by atoms with van der Waals surface area (Å²) in [5, 5.41) is 5.61. The first-order chi connectivity index (χ1) is 15.1. The van der Waals surface area contributed by atoms with Gasteiger partial charge in [-0.25, -0.2) is 4.79 Å². The molecule has 0 saturated carbocycles. The molecular formula is C25H25N3O3. The molecule has 0 bridgehead atoms. The quantitative estimate of drug-likeness (QED) is 0.522. The van der Waals surface area contributed by atoms with Crippen molar-refractivity contribution in [3.8, 4) is 11.5 Å². The number of aryl methyl sites for hydroxylation is 2. The van der Waals surface area contributed by atoms with Gasteiger partial charge in [0.05, 0.1) is 12.5 Å². The molecule has 1 atom stereocenters. The van der Waals surface area contributed by atoms with Gasteiger partial charge in [-0.15, -0.1) is 0 Å². The van der Waals surface area contributed by atoms with Crippen LogP contribution in [0, 0.1) is 0 Å². The molecule has 4 N–H and O–H groups in total. The van der Waals surface area contributed by atoms with Crippen LogP contribution in [0.3, 0.4) is 0 Å². The number of amides is 3. The number of para-hydroxylation sites is 1. The summed E-state index contributed by atoms with van der Waals surface area (Å²) < 4.78 is 5.87. The number of anilines is 1. The zero-order chi connectivity index (χ0) is 21.6. The molecule has 3 aromatic rings. The van der Waals surface area contributed by atoms with E-state index < -0.39 is 12.1 Å². The van der Waals surface area contributed by atoms with Crippen LogP contribution in [0.2, 0.25) is 0 Å². The number of benzene rings is 3. The van der Waals surface area contributed by atoms with E-state index in [1.165, 1.54) is 11.1 Å².